The van der Waals surface area contributed by atoms with Gasteiger partial charge in [-0.3, -0.25) is 0 Å². The van der Waals surface area contributed by atoms with E-state index in [1.165, 1.54) is 6.07 Å². The number of carbonyl (C=O) groups is 1. The molecular weight excluding hydrogens is 333 g/mol. The number of hydrogen-bond acceptors (Lipinski definition) is 3. The number of piperidine rings is 1. The van der Waals surface area contributed by atoms with Crippen molar-refractivity contribution in [2.45, 2.75) is 58.2 Å². The lowest BCUT2D eigenvalue weighted by molar-refractivity contribution is 0.0204. The van der Waals surface area contributed by atoms with Crippen molar-refractivity contribution in [2.24, 2.45) is 0 Å². The van der Waals surface area contributed by atoms with E-state index in [-0.39, 0.29) is 17.0 Å². The van der Waals surface area contributed by atoms with Crippen molar-refractivity contribution in [3.05, 3.63) is 34.1 Å². The number of carbonyl (C=O) groups excluding carboxylic acids is 1. The molecule has 1 fully saturated rings. The van der Waals surface area contributed by atoms with E-state index < -0.39 is 17.5 Å². The number of nitrogens with zero attached hydrogens (tertiary/aromatic N) is 1. The van der Waals surface area contributed by atoms with Crippen LogP contribution < -0.4 is 0 Å². The first kappa shape index (κ1) is 19.0. The van der Waals surface area contributed by atoms with Crippen LogP contribution >= 0.6 is 11.6 Å². The summed E-state index contributed by atoms with van der Waals surface area (Å²) in [5.41, 5.74) is 0.908. The highest BCUT2D eigenvalue weighted by atomic mass is 35.5. The average molecular weight is 358 g/mol. The molecule has 134 valence electrons. The van der Waals surface area contributed by atoms with Gasteiger partial charge in [-0.1, -0.05) is 11.6 Å². The first-order valence-electron chi connectivity index (χ1n) is 8.23. The molecular formula is C18H25ClFNO3. The Labute approximate surface area is 147 Å². The van der Waals surface area contributed by atoms with Crippen LogP contribution in [0.15, 0.2) is 12.1 Å². The second kappa shape index (κ2) is 7.28. The van der Waals surface area contributed by atoms with Gasteiger partial charge in [-0.25, -0.2) is 9.18 Å². The fraction of sp³-hybridized carbons (Fsp3) is 0.611. The van der Waals surface area contributed by atoms with Gasteiger partial charge in [0.2, 0.25) is 0 Å². The van der Waals surface area contributed by atoms with Gasteiger partial charge < -0.3 is 14.7 Å². The number of rotatable bonds is 2. The Morgan fingerprint density at radius 3 is 2.46 bits per heavy atom. The van der Waals surface area contributed by atoms with Crippen LogP contribution in [0, 0.1) is 5.82 Å². The first-order chi connectivity index (χ1) is 11.1. The summed E-state index contributed by atoms with van der Waals surface area (Å²) in [4.78, 5) is 13.8. The van der Waals surface area contributed by atoms with E-state index in [1.54, 1.807) is 17.9 Å². The van der Waals surface area contributed by atoms with E-state index in [0.29, 0.717) is 18.7 Å². The van der Waals surface area contributed by atoms with Crippen molar-refractivity contribution < 1.29 is 19.0 Å². The molecule has 1 N–H and O–H groups in total. The zero-order valence-corrected chi connectivity index (χ0v) is 15.4. The second-order valence-electron chi connectivity index (χ2n) is 7.31. The molecule has 0 unspecified atom stereocenters. The lowest BCUT2D eigenvalue weighted by atomic mass is 9.85. The van der Waals surface area contributed by atoms with E-state index in [1.807, 2.05) is 20.8 Å². The Kier molecular flexibility index (Phi) is 5.76. The molecule has 1 heterocycles. The van der Waals surface area contributed by atoms with Crippen LogP contribution in [-0.4, -0.2) is 34.8 Å². The number of aliphatic hydroxyl groups is 1. The number of halogens is 2. The molecule has 4 nitrogen and oxygen atoms in total. The fourth-order valence-corrected chi connectivity index (χ4v) is 3.16. The molecule has 24 heavy (non-hydrogen) atoms. The van der Waals surface area contributed by atoms with Gasteiger partial charge >= 0.3 is 6.09 Å². The smallest absolute Gasteiger partial charge is 0.410 e. The number of benzene rings is 1. The third-order valence-corrected chi connectivity index (χ3v) is 4.45. The zero-order chi connectivity index (χ0) is 18.1. The quantitative estimate of drug-likeness (QED) is 0.838. The molecule has 1 aromatic carbocycles. The Morgan fingerprint density at radius 2 is 1.96 bits per heavy atom. The topological polar surface area (TPSA) is 49.8 Å². The summed E-state index contributed by atoms with van der Waals surface area (Å²) in [7, 11) is 0. The van der Waals surface area contributed by atoms with Gasteiger partial charge in [0.1, 0.15) is 11.4 Å². The minimum Gasteiger partial charge on any atom is -0.444 e. The van der Waals surface area contributed by atoms with E-state index in [2.05, 4.69) is 0 Å². The second-order valence-corrected chi connectivity index (χ2v) is 7.72. The number of amides is 1. The predicted octanol–water partition coefficient (Wildman–Crippen LogP) is 4.65. The lowest BCUT2D eigenvalue weighted by Gasteiger charge is -2.34. The maximum Gasteiger partial charge on any atom is 0.410 e. The molecule has 6 heteroatoms. The summed E-state index contributed by atoms with van der Waals surface area (Å²) in [6.45, 7) is 8.26. The van der Waals surface area contributed by atoms with Gasteiger partial charge in [-0.2, -0.15) is 0 Å². The minimum atomic E-state index is -0.768. The van der Waals surface area contributed by atoms with Crippen LogP contribution in [0.2, 0.25) is 5.02 Å². The van der Waals surface area contributed by atoms with Gasteiger partial charge in [0, 0.05) is 13.1 Å². The van der Waals surface area contributed by atoms with Crippen molar-refractivity contribution in [2.75, 3.05) is 13.1 Å². The van der Waals surface area contributed by atoms with Gasteiger partial charge in [-0.05, 0) is 69.7 Å². The van der Waals surface area contributed by atoms with Crippen molar-refractivity contribution in [1.29, 1.82) is 0 Å². The molecule has 1 amide bonds. The highest BCUT2D eigenvalue weighted by Gasteiger charge is 2.29. The SMILES string of the molecule is C[C@H](O)c1cc(F)c(Cl)cc1C1CCN(C(=O)OC(C)(C)C)CC1. The number of hydrogen-bond donors (Lipinski definition) is 1. The van der Waals surface area contributed by atoms with Crippen molar-refractivity contribution in [1.82, 2.24) is 4.90 Å². The molecule has 0 spiro atoms. The molecule has 2 rings (SSSR count). The third kappa shape index (κ3) is 4.61. The Morgan fingerprint density at radius 1 is 1.38 bits per heavy atom. The van der Waals surface area contributed by atoms with Crippen molar-refractivity contribution >= 4 is 17.7 Å². The fourth-order valence-electron chi connectivity index (χ4n) is 2.99. The Bertz CT molecular complexity index is 605. The Balaban J connectivity index is 2.10. The lowest BCUT2D eigenvalue weighted by Crippen LogP contribution is -2.41. The van der Waals surface area contributed by atoms with E-state index in [9.17, 15) is 14.3 Å². The summed E-state index contributed by atoms with van der Waals surface area (Å²) < 4.78 is 19.1. The molecule has 1 atom stereocenters. The van der Waals surface area contributed by atoms with Gasteiger partial charge in [-0.15, -0.1) is 0 Å². The minimum absolute atomic E-state index is 0.0592. The van der Waals surface area contributed by atoms with Gasteiger partial charge in [0.25, 0.3) is 0 Å². The predicted molar refractivity (Wildman–Crippen MR) is 91.8 cm³/mol. The first-order valence-corrected chi connectivity index (χ1v) is 8.61. The largest absolute Gasteiger partial charge is 0.444 e. The molecule has 0 aliphatic carbocycles. The summed E-state index contributed by atoms with van der Waals surface area (Å²) in [5, 5.41) is 9.98. The summed E-state index contributed by atoms with van der Waals surface area (Å²) in [6, 6.07) is 2.91. The maximum atomic E-state index is 13.7. The average Bonchev–Trinajstić information content (AvgIpc) is 2.48. The molecule has 0 radical (unpaired) electrons. The van der Waals surface area contributed by atoms with E-state index >= 15 is 0 Å². The van der Waals surface area contributed by atoms with Crippen molar-refractivity contribution in [3.8, 4) is 0 Å². The molecule has 0 bridgehead atoms. The highest BCUT2D eigenvalue weighted by molar-refractivity contribution is 6.30. The van der Waals surface area contributed by atoms with Crippen LogP contribution in [0.1, 0.15) is 63.7 Å². The van der Waals surface area contributed by atoms with Crippen LogP contribution in [0.3, 0.4) is 0 Å². The standard InChI is InChI=1S/C18H25ClFNO3/c1-11(22)13-10-16(20)15(19)9-14(13)12-5-7-21(8-6-12)17(23)24-18(2,3)4/h9-12,22H,5-8H2,1-4H3/t11-/m0/s1. The number of aliphatic hydroxyl groups excluding tert-OH is 1. The Hall–Kier alpha value is -1.33. The van der Waals surface area contributed by atoms with Crippen molar-refractivity contribution in [3.63, 3.8) is 0 Å². The molecule has 1 aromatic rings. The molecule has 1 aliphatic rings. The third-order valence-electron chi connectivity index (χ3n) is 4.16. The monoisotopic (exact) mass is 357 g/mol. The van der Waals surface area contributed by atoms with Crippen LogP contribution in [-0.2, 0) is 4.74 Å². The molecule has 1 saturated heterocycles. The van der Waals surface area contributed by atoms with E-state index in [0.717, 1.165) is 18.4 Å². The van der Waals surface area contributed by atoms with Crippen LogP contribution in [0.4, 0.5) is 9.18 Å². The summed E-state index contributed by atoms with van der Waals surface area (Å²) in [5.74, 6) is -0.395. The highest BCUT2D eigenvalue weighted by Crippen LogP contribution is 2.36. The van der Waals surface area contributed by atoms with Gasteiger partial charge in [0.15, 0.2) is 0 Å². The maximum absolute atomic E-state index is 13.7. The summed E-state index contributed by atoms with van der Waals surface area (Å²) >= 11 is 5.92. The zero-order valence-electron chi connectivity index (χ0n) is 14.6. The number of ether oxygens (including phenoxy) is 1. The van der Waals surface area contributed by atoms with Crippen LogP contribution in [0.5, 0.6) is 0 Å². The number of likely N-dealkylation sites (tertiary alicyclic amines) is 1. The van der Waals surface area contributed by atoms with E-state index in [4.69, 9.17) is 16.3 Å². The molecule has 1 aliphatic heterocycles. The molecule has 0 saturated carbocycles. The molecule has 0 aromatic heterocycles. The summed E-state index contributed by atoms with van der Waals surface area (Å²) in [6.07, 6.45) is 0.367. The van der Waals surface area contributed by atoms with Crippen LogP contribution in [0.25, 0.3) is 0 Å². The van der Waals surface area contributed by atoms with Gasteiger partial charge in [0.05, 0.1) is 11.1 Å². The normalized spacial score (nSPS) is 17.7.